The van der Waals surface area contributed by atoms with Crippen LogP contribution < -0.4 is 4.74 Å². The highest BCUT2D eigenvalue weighted by Gasteiger charge is 2.16. The second-order valence-electron chi connectivity index (χ2n) is 4.25. The van der Waals surface area contributed by atoms with E-state index >= 15 is 0 Å². The summed E-state index contributed by atoms with van der Waals surface area (Å²) in [5.41, 5.74) is -0.219. The molecule has 0 fully saturated rings. The predicted octanol–water partition coefficient (Wildman–Crippen LogP) is 1.97. The number of aromatic carboxylic acids is 1. The van der Waals surface area contributed by atoms with E-state index < -0.39 is 5.97 Å². The minimum atomic E-state index is -1.04. The quantitative estimate of drug-likeness (QED) is 0.822. The normalized spacial score (nSPS) is 11.2. The molecule has 0 aliphatic rings. The summed E-state index contributed by atoms with van der Waals surface area (Å²) in [5, 5.41) is 8.67. The van der Waals surface area contributed by atoms with Crippen LogP contribution in [0.2, 0.25) is 0 Å². The van der Waals surface area contributed by atoms with E-state index in [0.29, 0.717) is 12.4 Å². The van der Waals surface area contributed by atoms with Gasteiger partial charge in [-0.25, -0.2) is 9.78 Å². The minimum Gasteiger partial charge on any atom is -0.492 e. The molecule has 0 aliphatic carbocycles. The SMILES string of the molecule is COC(C)(C)CCOc1ccc(C(=O)O)nc1. The highest BCUT2D eigenvalue weighted by atomic mass is 16.5. The van der Waals surface area contributed by atoms with Crippen molar-refractivity contribution in [2.75, 3.05) is 13.7 Å². The molecule has 0 spiro atoms. The number of carboxylic acid groups (broad SMARTS) is 1. The summed E-state index contributed by atoms with van der Waals surface area (Å²) < 4.78 is 10.7. The maximum Gasteiger partial charge on any atom is 0.354 e. The molecular formula is C12H17NO4. The number of aromatic nitrogens is 1. The molecule has 0 radical (unpaired) electrons. The molecule has 5 nitrogen and oxygen atoms in total. The lowest BCUT2D eigenvalue weighted by atomic mass is 10.1. The van der Waals surface area contributed by atoms with Crippen molar-refractivity contribution in [3.05, 3.63) is 24.0 Å². The number of carboxylic acids is 1. The third-order valence-electron chi connectivity index (χ3n) is 2.48. The lowest BCUT2D eigenvalue weighted by Crippen LogP contribution is -2.25. The summed E-state index contributed by atoms with van der Waals surface area (Å²) in [7, 11) is 1.66. The van der Waals surface area contributed by atoms with Crippen molar-refractivity contribution in [2.45, 2.75) is 25.9 Å². The summed E-state index contributed by atoms with van der Waals surface area (Å²) in [6.07, 6.45) is 2.15. The maximum atomic E-state index is 10.6. The standard InChI is InChI=1S/C12H17NO4/c1-12(2,16-3)6-7-17-9-4-5-10(11(14)15)13-8-9/h4-5,8H,6-7H2,1-3H3,(H,14,15). The molecule has 0 bridgehead atoms. The predicted molar refractivity (Wildman–Crippen MR) is 62.4 cm³/mol. The van der Waals surface area contributed by atoms with Crippen molar-refractivity contribution < 1.29 is 19.4 Å². The first-order valence-corrected chi connectivity index (χ1v) is 5.32. The Balaban J connectivity index is 2.45. The Kier molecular flexibility index (Phi) is 4.45. The molecule has 5 heteroatoms. The van der Waals surface area contributed by atoms with Crippen LogP contribution in [0.4, 0.5) is 0 Å². The number of pyridine rings is 1. The van der Waals surface area contributed by atoms with E-state index in [1.165, 1.54) is 12.3 Å². The van der Waals surface area contributed by atoms with E-state index in [4.69, 9.17) is 14.6 Å². The van der Waals surface area contributed by atoms with Crippen LogP contribution in [0.25, 0.3) is 0 Å². The topological polar surface area (TPSA) is 68.7 Å². The van der Waals surface area contributed by atoms with Gasteiger partial charge in [0.25, 0.3) is 0 Å². The molecule has 0 amide bonds. The van der Waals surface area contributed by atoms with Gasteiger partial charge in [-0.1, -0.05) is 0 Å². The smallest absolute Gasteiger partial charge is 0.354 e. The number of nitrogens with zero attached hydrogens (tertiary/aromatic N) is 1. The zero-order valence-electron chi connectivity index (χ0n) is 10.3. The molecule has 1 N–H and O–H groups in total. The monoisotopic (exact) mass is 239 g/mol. The molecule has 0 saturated heterocycles. The fourth-order valence-corrected chi connectivity index (χ4v) is 1.11. The molecule has 1 aromatic rings. The molecule has 17 heavy (non-hydrogen) atoms. The molecular weight excluding hydrogens is 222 g/mol. The average Bonchev–Trinajstić information content (AvgIpc) is 2.29. The van der Waals surface area contributed by atoms with Crippen LogP contribution in [0.5, 0.6) is 5.75 Å². The second-order valence-corrected chi connectivity index (χ2v) is 4.25. The first-order chi connectivity index (χ1) is 7.94. The Bertz CT molecular complexity index is 373. The molecule has 0 atom stereocenters. The lowest BCUT2D eigenvalue weighted by Gasteiger charge is -2.22. The minimum absolute atomic E-state index is 0.00886. The fraction of sp³-hybridized carbons (Fsp3) is 0.500. The van der Waals surface area contributed by atoms with Crippen LogP contribution in [-0.4, -0.2) is 35.4 Å². The molecule has 0 aromatic carbocycles. The second kappa shape index (κ2) is 5.63. The van der Waals surface area contributed by atoms with Crippen molar-refractivity contribution in [3.8, 4) is 5.75 Å². The largest absolute Gasteiger partial charge is 0.492 e. The number of hydrogen-bond donors (Lipinski definition) is 1. The Morgan fingerprint density at radius 2 is 2.18 bits per heavy atom. The maximum absolute atomic E-state index is 10.6. The van der Waals surface area contributed by atoms with Crippen LogP contribution >= 0.6 is 0 Å². The van der Waals surface area contributed by atoms with Crippen LogP contribution in [-0.2, 0) is 4.74 Å². The Morgan fingerprint density at radius 1 is 1.47 bits per heavy atom. The van der Waals surface area contributed by atoms with E-state index in [9.17, 15) is 4.79 Å². The van der Waals surface area contributed by atoms with E-state index in [2.05, 4.69) is 4.98 Å². The molecule has 0 unspecified atom stereocenters. The van der Waals surface area contributed by atoms with Gasteiger partial charge in [-0.15, -0.1) is 0 Å². The highest BCUT2D eigenvalue weighted by molar-refractivity contribution is 5.85. The zero-order valence-corrected chi connectivity index (χ0v) is 10.3. The van der Waals surface area contributed by atoms with Gasteiger partial charge in [0.1, 0.15) is 11.4 Å². The van der Waals surface area contributed by atoms with Crippen molar-refractivity contribution in [1.29, 1.82) is 0 Å². The van der Waals surface area contributed by atoms with Gasteiger partial charge < -0.3 is 14.6 Å². The van der Waals surface area contributed by atoms with Crippen molar-refractivity contribution >= 4 is 5.97 Å². The van der Waals surface area contributed by atoms with Gasteiger partial charge in [-0.3, -0.25) is 0 Å². The summed E-state index contributed by atoms with van der Waals surface area (Å²) in [6, 6.07) is 3.01. The van der Waals surface area contributed by atoms with Gasteiger partial charge >= 0.3 is 5.97 Å². The van der Waals surface area contributed by atoms with Crippen LogP contribution in [0, 0.1) is 0 Å². The van der Waals surface area contributed by atoms with E-state index in [1.807, 2.05) is 13.8 Å². The first-order valence-electron chi connectivity index (χ1n) is 5.32. The highest BCUT2D eigenvalue weighted by Crippen LogP contribution is 2.15. The van der Waals surface area contributed by atoms with E-state index in [-0.39, 0.29) is 11.3 Å². The molecule has 0 aliphatic heterocycles. The molecule has 1 rings (SSSR count). The zero-order chi connectivity index (χ0) is 12.9. The van der Waals surface area contributed by atoms with E-state index in [0.717, 1.165) is 6.42 Å². The van der Waals surface area contributed by atoms with Gasteiger partial charge in [-0.05, 0) is 26.0 Å². The Morgan fingerprint density at radius 3 is 2.65 bits per heavy atom. The number of methoxy groups -OCH3 is 1. The molecule has 94 valence electrons. The van der Waals surface area contributed by atoms with Gasteiger partial charge in [0.2, 0.25) is 0 Å². The summed E-state index contributed by atoms with van der Waals surface area (Å²) >= 11 is 0. The average molecular weight is 239 g/mol. The van der Waals surface area contributed by atoms with Gasteiger partial charge in [0.15, 0.2) is 0 Å². The summed E-state index contributed by atoms with van der Waals surface area (Å²) in [5.74, 6) is -0.487. The summed E-state index contributed by atoms with van der Waals surface area (Å²) in [4.78, 5) is 14.3. The van der Waals surface area contributed by atoms with Gasteiger partial charge in [-0.2, -0.15) is 0 Å². The number of hydrogen-bond acceptors (Lipinski definition) is 4. The molecule has 1 heterocycles. The third-order valence-corrected chi connectivity index (χ3v) is 2.48. The van der Waals surface area contributed by atoms with Crippen LogP contribution in [0.15, 0.2) is 18.3 Å². The molecule has 1 aromatic heterocycles. The van der Waals surface area contributed by atoms with Crippen molar-refractivity contribution in [3.63, 3.8) is 0 Å². The number of carbonyl (C=O) groups is 1. The fourth-order valence-electron chi connectivity index (χ4n) is 1.11. The number of ether oxygens (including phenoxy) is 2. The van der Waals surface area contributed by atoms with Crippen LogP contribution in [0.1, 0.15) is 30.8 Å². The lowest BCUT2D eigenvalue weighted by molar-refractivity contribution is 0.00543. The van der Waals surface area contributed by atoms with Crippen molar-refractivity contribution in [2.24, 2.45) is 0 Å². The third kappa shape index (κ3) is 4.40. The van der Waals surface area contributed by atoms with Gasteiger partial charge in [0, 0.05) is 13.5 Å². The van der Waals surface area contributed by atoms with Crippen molar-refractivity contribution in [1.82, 2.24) is 4.98 Å². The van der Waals surface area contributed by atoms with Gasteiger partial charge in [0.05, 0.1) is 18.4 Å². The molecule has 0 saturated carbocycles. The Hall–Kier alpha value is -1.62. The van der Waals surface area contributed by atoms with Crippen LogP contribution in [0.3, 0.4) is 0 Å². The summed E-state index contributed by atoms with van der Waals surface area (Å²) in [6.45, 7) is 4.44. The number of rotatable bonds is 6. The first kappa shape index (κ1) is 13.4. The van der Waals surface area contributed by atoms with E-state index in [1.54, 1.807) is 13.2 Å². The Labute approximate surface area is 100 Å².